The second-order valence-corrected chi connectivity index (χ2v) is 3.27. The van der Waals surface area contributed by atoms with Crippen LogP contribution in [0, 0.1) is 10.8 Å². The van der Waals surface area contributed by atoms with Crippen LogP contribution in [0.1, 0.15) is 11.3 Å². The number of rotatable bonds is 2. The molecule has 0 aliphatic rings. The van der Waals surface area contributed by atoms with E-state index in [0.717, 1.165) is 11.3 Å². The van der Waals surface area contributed by atoms with Crippen LogP contribution in [0.15, 0.2) is 36.7 Å². The first kappa shape index (κ1) is 12.4. The predicted molar refractivity (Wildman–Crippen MR) is 63.6 cm³/mol. The molecule has 0 saturated carbocycles. The molecule has 0 saturated heterocycles. The van der Waals surface area contributed by atoms with E-state index in [9.17, 15) is 0 Å². The summed E-state index contributed by atoms with van der Waals surface area (Å²) < 4.78 is 0. The molecule has 2 aromatic rings. The molecular weight excluding hydrogens is 216 g/mol. The topological polar surface area (TPSA) is 125 Å². The van der Waals surface area contributed by atoms with Gasteiger partial charge in [-0.15, -0.1) is 0 Å². The van der Waals surface area contributed by atoms with Crippen molar-refractivity contribution in [3.63, 3.8) is 0 Å². The molecule has 2 heterocycles. The summed E-state index contributed by atoms with van der Waals surface area (Å²) >= 11 is 0. The van der Waals surface area contributed by atoms with Gasteiger partial charge in [0.05, 0.1) is 5.69 Å². The van der Waals surface area contributed by atoms with Crippen LogP contribution in [-0.2, 0) is 6.42 Å². The third-order valence-corrected chi connectivity index (χ3v) is 2.21. The summed E-state index contributed by atoms with van der Waals surface area (Å²) in [6.07, 6.45) is 4.10. The molecule has 6 nitrogen and oxygen atoms in total. The average Bonchev–Trinajstić information content (AvgIpc) is 2.39. The summed E-state index contributed by atoms with van der Waals surface area (Å²) in [6.45, 7) is 0. The van der Waals surface area contributed by atoms with E-state index >= 15 is 0 Å². The van der Waals surface area contributed by atoms with Crippen molar-refractivity contribution < 1.29 is 0 Å². The predicted octanol–water partition coefficient (Wildman–Crippen LogP) is 1.26. The van der Waals surface area contributed by atoms with Crippen LogP contribution in [0.2, 0.25) is 0 Å². The maximum atomic E-state index is 6.00. The minimum atomic E-state index is 0.378. The van der Waals surface area contributed by atoms with Crippen molar-refractivity contribution in [1.82, 2.24) is 9.97 Å². The normalized spacial score (nSPS) is 9.06. The van der Waals surface area contributed by atoms with Crippen LogP contribution in [0.3, 0.4) is 0 Å². The number of hydrogen-bond donors (Lipinski definition) is 2. The molecule has 0 aliphatic heterocycles. The Bertz CT molecular complexity index is 494. The van der Waals surface area contributed by atoms with Crippen LogP contribution < -0.4 is 11.5 Å². The number of aromatic nitrogens is 2. The number of hydrogen-bond acceptors (Lipinski definition) is 6. The molecule has 0 aromatic carbocycles. The Hall–Kier alpha value is -2.68. The highest BCUT2D eigenvalue weighted by Crippen LogP contribution is 2.19. The van der Waals surface area contributed by atoms with E-state index in [0.29, 0.717) is 17.9 Å². The molecule has 0 amide bonds. The van der Waals surface area contributed by atoms with E-state index in [-0.39, 0.29) is 0 Å². The maximum absolute atomic E-state index is 6.00. The number of anilines is 2. The van der Waals surface area contributed by atoms with Gasteiger partial charge in [-0.3, -0.25) is 4.98 Å². The lowest BCUT2D eigenvalue weighted by molar-refractivity contribution is 1.07. The van der Waals surface area contributed by atoms with E-state index in [1.807, 2.05) is 24.3 Å². The van der Waals surface area contributed by atoms with Crippen molar-refractivity contribution in [1.29, 1.82) is 10.8 Å². The molecule has 0 unspecified atom stereocenters. The van der Waals surface area contributed by atoms with Gasteiger partial charge in [-0.25, -0.2) is 4.98 Å². The summed E-state index contributed by atoms with van der Waals surface area (Å²) in [7, 11) is 0. The van der Waals surface area contributed by atoms with E-state index in [1.54, 1.807) is 12.4 Å². The van der Waals surface area contributed by atoms with Crippen molar-refractivity contribution >= 4 is 11.5 Å². The first-order valence-corrected chi connectivity index (χ1v) is 4.86. The van der Waals surface area contributed by atoms with Gasteiger partial charge >= 0.3 is 0 Å². The zero-order valence-electron chi connectivity index (χ0n) is 9.11. The Morgan fingerprint density at radius 3 is 2.41 bits per heavy atom. The van der Waals surface area contributed by atoms with Gasteiger partial charge in [-0.05, 0) is 23.8 Å². The molecular formula is C11H12N6. The maximum Gasteiger partial charge on any atom is 0.146 e. The van der Waals surface area contributed by atoms with E-state index in [4.69, 9.17) is 22.3 Å². The van der Waals surface area contributed by atoms with Crippen LogP contribution in [0.4, 0.5) is 11.5 Å². The summed E-state index contributed by atoms with van der Waals surface area (Å²) in [5.41, 5.74) is 13.9. The number of nitrogen functional groups attached to an aromatic ring is 2. The Balaban J connectivity index is 0.000000686. The Morgan fingerprint density at radius 1 is 1.00 bits per heavy atom. The number of nitrogens with zero attached hydrogens (tertiary/aromatic N) is 4. The SMILES string of the molecule is N#N.Nc1nccc(Cc2ccccn2)c1N. The van der Waals surface area contributed by atoms with Crippen molar-refractivity contribution in [3.05, 3.63) is 47.9 Å². The first-order valence-electron chi connectivity index (χ1n) is 4.86. The molecule has 0 atom stereocenters. The molecule has 2 aromatic heterocycles. The molecule has 17 heavy (non-hydrogen) atoms. The quantitative estimate of drug-likeness (QED) is 0.745. The largest absolute Gasteiger partial charge is 0.396 e. The standard InChI is InChI=1S/C11H12N4.N2/c12-10-8(4-6-15-11(10)13)7-9-3-1-2-5-14-9;1-2/h1-6H,7,12H2,(H2,13,15);. The summed E-state index contributed by atoms with van der Waals surface area (Å²) in [6, 6.07) is 7.65. The zero-order valence-corrected chi connectivity index (χ0v) is 9.11. The van der Waals surface area contributed by atoms with Crippen LogP contribution in [-0.4, -0.2) is 9.97 Å². The van der Waals surface area contributed by atoms with Crippen molar-refractivity contribution in [2.45, 2.75) is 6.42 Å². The van der Waals surface area contributed by atoms with E-state index < -0.39 is 0 Å². The number of pyridine rings is 2. The van der Waals surface area contributed by atoms with Gasteiger partial charge in [-0.2, -0.15) is 0 Å². The van der Waals surface area contributed by atoms with Crippen molar-refractivity contribution in [2.24, 2.45) is 0 Å². The summed E-state index contributed by atoms with van der Waals surface area (Å²) in [5, 5.41) is 12.0. The lowest BCUT2D eigenvalue weighted by atomic mass is 10.1. The minimum absolute atomic E-state index is 0.378. The monoisotopic (exact) mass is 228 g/mol. The van der Waals surface area contributed by atoms with Gasteiger partial charge in [0, 0.05) is 35.3 Å². The van der Waals surface area contributed by atoms with Gasteiger partial charge < -0.3 is 11.5 Å². The fourth-order valence-corrected chi connectivity index (χ4v) is 1.38. The second kappa shape index (κ2) is 6.02. The zero-order chi connectivity index (χ0) is 12.7. The smallest absolute Gasteiger partial charge is 0.146 e. The molecule has 0 aliphatic carbocycles. The summed E-state index contributed by atoms with van der Waals surface area (Å²) in [4.78, 5) is 8.14. The van der Waals surface area contributed by atoms with Gasteiger partial charge in [0.1, 0.15) is 5.82 Å². The average molecular weight is 228 g/mol. The van der Waals surface area contributed by atoms with E-state index in [2.05, 4.69) is 9.97 Å². The van der Waals surface area contributed by atoms with Crippen LogP contribution >= 0.6 is 0 Å². The lowest BCUT2D eigenvalue weighted by Crippen LogP contribution is -2.03. The molecule has 86 valence electrons. The van der Waals surface area contributed by atoms with Gasteiger partial charge in [-0.1, -0.05) is 6.07 Å². The minimum Gasteiger partial charge on any atom is -0.396 e. The summed E-state index contributed by atoms with van der Waals surface area (Å²) in [5.74, 6) is 0.378. The third kappa shape index (κ3) is 3.14. The first-order chi connectivity index (χ1) is 8.27. The molecule has 0 fully saturated rings. The molecule has 4 N–H and O–H groups in total. The molecule has 0 bridgehead atoms. The van der Waals surface area contributed by atoms with E-state index in [1.165, 1.54) is 0 Å². The van der Waals surface area contributed by atoms with Crippen LogP contribution in [0.5, 0.6) is 0 Å². The van der Waals surface area contributed by atoms with Crippen LogP contribution in [0.25, 0.3) is 0 Å². The Morgan fingerprint density at radius 2 is 1.76 bits per heavy atom. The second-order valence-electron chi connectivity index (χ2n) is 3.27. The lowest BCUT2D eigenvalue weighted by Gasteiger charge is -2.06. The van der Waals surface area contributed by atoms with Gasteiger partial charge in [0.2, 0.25) is 0 Å². The molecule has 0 radical (unpaired) electrons. The van der Waals surface area contributed by atoms with Gasteiger partial charge in [0.15, 0.2) is 0 Å². The fraction of sp³-hybridized carbons (Fsp3) is 0.0909. The Labute approximate surface area is 98.7 Å². The highest BCUT2D eigenvalue weighted by atomic mass is 14.9. The molecule has 2 rings (SSSR count). The Kier molecular flexibility index (Phi) is 4.39. The van der Waals surface area contributed by atoms with Crippen molar-refractivity contribution in [3.8, 4) is 0 Å². The highest BCUT2D eigenvalue weighted by Gasteiger charge is 2.04. The van der Waals surface area contributed by atoms with Crippen molar-refractivity contribution in [2.75, 3.05) is 11.5 Å². The molecule has 0 spiro atoms. The highest BCUT2D eigenvalue weighted by molar-refractivity contribution is 5.63. The van der Waals surface area contributed by atoms with Gasteiger partial charge in [0.25, 0.3) is 0 Å². The number of nitrogens with two attached hydrogens (primary N) is 2. The molecule has 6 heteroatoms. The fourth-order valence-electron chi connectivity index (χ4n) is 1.38. The third-order valence-electron chi connectivity index (χ3n) is 2.21.